The van der Waals surface area contributed by atoms with Gasteiger partial charge in [0, 0.05) is 13.1 Å². The van der Waals surface area contributed by atoms with Gasteiger partial charge in [0.15, 0.2) is 0 Å². The molecule has 4 N–H and O–H groups in total. The van der Waals surface area contributed by atoms with Gasteiger partial charge in [-0.25, -0.2) is 4.79 Å². The number of alkyl carbamates (subject to hydrolysis) is 1. The van der Waals surface area contributed by atoms with E-state index in [-0.39, 0.29) is 6.61 Å². The fraction of sp³-hybridized carbons (Fsp3) is 0.833. The van der Waals surface area contributed by atoms with Crippen LogP contribution in [-0.2, 0) is 4.74 Å². The van der Waals surface area contributed by atoms with Crippen LogP contribution in [0.3, 0.4) is 0 Å². The summed E-state index contributed by atoms with van der Waals surface area (Å²) in [6.07, 6.45) is -1.17. The molecular weight excluding hydrogens is 148 g/mol. The maximum Gasteiger partial charge on any atom is 0.407 e. The van der Waals surface area contributed by atoms with Crippen molar-refractivity contribution in [1.29, 1.82) is 0 Å². The van der Waals surface area contributed by atoms with Crippen LogP contribution in [0.5, 0.6) is 0 Å². The Bertz CT molecular complexity index is 116. The lowest BCUT2D eigenvalue weighted by Crippen LogP contribution is -2.31. The third-order valence-electron chi connectivity index (χ3n) is 0.869. The van der Waals surface area contributed by atoms with Crippen molar-refractivity contribution < 1.29 is 14.6 Å². The summed E-state index contributed by atoms with van der Waals surface area (Å²) in [6.45, 7) is 2.31. The normalized spacial score (nSPS) is 12.3. The first kappa shape index (κ1) is 10.2. The molecule has 0 spiro atoms. The number of hydrogen-bond donors (Lipinski definition) is 3. The van der Waals surface area contributed by atoms with Gasteiger partial charge in [0.1, 0.15) is 6.61 Å². The summed E-state index contributed by atoms with van der Waals surface area (Å²) in [7, 11) is 0. The van der Waals surface area contributed by atoms with Crippen molar-refractivity contribution >= 4 is 6.09 Å². The Balaban J connectivity index is 3.23. The molecule has 0 radical (unpaired) electrons. The number of ether oxygens (including phenoxy) is 1. The molecular formula is C6H14N2O3. The van der Waals surface area contributed by atoms with Gasteiger partial charge in [0.05, 0.1) is 6.10 Å². The summed E-state index contributed by atoms with van der Waals surface area (Å²) in [5.41, 5.74) is 5.11. The van der Waals surface area contributed by atoms with Crippen LogP contribution in [0.1, 0.15) is 6.92 Å². The van der Waals surface area contributed by atoms with Crippen molar-refractivity contribution in [2.24, 2.45) is 5.73 Å². The van der Waals surface area contributed by atoms with E-state index in [0.29, 0.717) is 13.1 Å². The molecule has 5 nitrogen and oxygen atoms in total. The van der Waals surface area contributed by atoms with Crippen molar-refractivity contribution in [3.05, 3.63) is 0 Å². The average molecular weight is 162 g/mol. The highest BCUT2D eigenvalue weighted by Gasteiger charge is 2.01. The van der Waals surface area contributed by atoms with E-state index in [9.17, 15) is 4.79 Å². The van der Waals surface area contributed by atoms with E-state index in [1.54, 1.807) is 0 Å². The number of amides is 1. The Morgan fingerprint density at radius 2 is 2.45 bits per heavy atom. The third-order valence-corrected chi connectivity index (χ3v) is 0.869. The highest BCUT2D eigenvalue weighted by Crippen LogP contribution is 1.82. The summed E-state index contributed by atoms with van der Waals surface area (Å²) in [5, 5.41) is 11.1. The summed E-state index contributed by atoms with van der Waals surface area (Å²) < 4.78 is 4.55. The van der Waals surface area contributed by atoms with E-state index in [2.05, 4.69) is 10.1 Å². The predicted molar refractivity (Wildman–Crippen MR) is 40.1 cm³/mol. The number of nitrogens with one attached hydrogen (secondary N) is 1. The molecule has 0 aromatic carbocycles. The molecule has 1 amide bonds. The SMILES string of the molecule is CC(O)COC(=O)NCCN. The molecule has 0 aliphatic heterocycles. The van der Waals surface area contributed by atoms with Gasteiger partial charge in [-0.1, -0.05) is 0 Å². The molecule has 0 rings (SSSR count). The summed E-state index contributed by atoms with van der Waals surface area (Å²) >= 11 is 0. The monoisotopic (exact) mass is 162 g/mol. The topological polar surface area (TPSA) is 84.6 Å². The molecule has 0 saturated heterocycles. The maximum absolute atomic E-state index is 10.6. The molecule has 0 saturated carbocycles. The number of carbonyl (C=O) groups excluding carboxylic acids is 1. The Kier molecular flexibility index (Phi) is 5.50. The molecule has 5 heteroatoms. The lowest BCUT2D eigenvalue weighted by molar-refractivity contribution is 0.0782. The van der Waals surface area contributed by atoms with Gasteiger partial charge < -0.3 is 20.9 Å². The van der Waals surface area contributed by atoms with E-state index in [0.717, 1.165) is 0 Å². The van der Waals surface area contributed by atoms with E-state index < -0.39 is 12.2 Å². The quantitative estimate of drug-likeness (QED) is 0.497. The summed E-state index contributed by atoms with van der Waals surface area (Å²) in [6, 6.07) is 0. The van der Waals surface area contributed by atoms with Crippen molar-refractivity contribution in [2.75, 3.05) is 19.7 Å². The second-order valence-corrected chi connectivity index (χ2v) is 2.16. The molecule has 0 fully saturated rings. The molecule has 0 aromatic rings. The average Bonchev–Trinajstić information content (AvgIpc) is 1.97. The maximum atomic E-state index is 10.6. The van der Waals surface area contributed by atoms with Gasteiger partial charge in [0.25, 0.3) is 0 Å². The fourth-order valence-corrected chi connectivity index (χ4v) is 0.422. The van der Waals surface area contributed by atoms with E-state index >= 15 is 0 Å². The summed E-state index contributed by atoms with van der Waals surface area (Å²) in [4.78, 5) is 10.6. The molecule has 0 heterocycles. The van der Waals surface area contributed by atoms with Crippen LogP contribution in [0.4, 0.5) is 4.79 Å². The van der Waals surface area contributed by atoms with Crippen LogP contribution in [0, 0.1) is 0 Å². The molecule has 11 heavy (non-hydrogen) atoms. The van der Waals surface area contributed by atoms with E-state index in [1.165, 1.54) is 6.92 Å². The van der Waals surface area contributed by atoms with Crippen molar-refractivity contribution in [3.63, 3.8) is 0 Å². The van der Waals surface area contributed by atoms with Crippen molar-refractivity contribution in [2.45, 2.75) is 13.0 Å². The second kappa shape index (κ2) is 5.94. The number of rotatable bonds is 4. The minimum Gasteiger partial charge on any atom is -0.447 e. The number of carbonyl (C=O) groups is 1. The number of aliphatic hydroxyl groups excluding tert-OH is 1. The molecule has 0 aromatic heterocycles. The van der Waals surface area contributed by atoms with Crippen LogP contribution >= 0.6 is 0 Å². The van der Waals surface area contributed by atoms with Crippen LogP contribution in [0.2, 0.25) is 0 Å². The minimum absolute atomic E-state index is 0.0103. The first-order valence-corrected chi connectivity index (χ1v) is 3.45. The molecule has 1 unspecified atom stereocenters. The van der Waals surface area contributed by atoms with Gasteiger partial charge in [-0.2, -0.15) is 0 Å². The fourth-order valence-electron chi connectivity index (χ4n) is 0.422. The highest BCUT2D eigenvalue weighted by molar-refractivity contribution is 5.67. The predicted octanol–water partition coefficient (Wildman–Crippen LogP) is -0.948. The minimum atomic E-state index is -0.626. The summed E-state index contributed by atoms with van der Waals surface area (Å²) in [5.74, 6) is 0. The zero-order valence-corrected chi connectivity index (χ0v) is 6.54. The van der Waals surface area contributed by atoms with Gasteiger partial charge in [0.2, 0.25) is 0 Å². The largest absolute Gasteiger partial charge is 0.447 e. The van der Waals surface area contributed by atoms with Crippen molar-refractivity contribution in [3.8, 4) is 0 Å². The standard InChI is InChI=1S/C6H14N2O3/c1-5(9)4-11-6(10)8-3-2-7/h5,9H,2-4,7H2,1H3,(H,8,10). The lowest BCUT2D eigenvalue weighted by Gasteiger charge is -2.06. The number of nitrogens with two attached hydrogens (primary N) is 1. The molecule has 0 aliphatic carbocycles. The smallest absolute Gasteiger partial charge is 0.407 e. The first-order valence-electron chi connectivity index (χ1n) is 3.45. The van der Waals surface area contributed by atoms with Gasteiger partial charge in [-0.05, 0) is 6.92 Å². The van der Waals surface area contributed by atoms with E-state index in [1.807, 2.05) is 0 Å². The first-order chi connectivity index (χ1) is 5.16. The van der Waals surface area contributed by atoms with Crippen LogP contribution in [0.25, 0.3) is 0 Å². The van der Waals surface area contributed by atoms with Crippen molar-refractivity contribution in [1.82, 2.24) is 5.32 Å². The van der Waals surface area contributed by atoms with Crippen LogP contribution < -0.4 is 11.1 Å². The second-order valence-electron chi connectivity index (χ2n) is 2.16. The molecule has 66 valence electrons. The Morgan fingerprint density at radius 1 is 1.82 bits per heavy atom. The zero-order valence-electron chi connectivity index (χ0n) is 6.54. The number of hydrogen-bond acceptors (Lipinski definition) is 4. The van der Waals surface area contributed by atoms with Gasteiger partial charge in [-0.15, -0.1) is 0 Å². The third kappa shape index (κ3) is 7.08. The zero-order chi connectivity index (χ0) is 8.69. The Morgan fingerprint density at radius 3 is 2.91 bits per heavy atom. The van der Waals surface area contributed by atoms with Gasteiger partial charge >= 0.3 is 6.09 Å². The number of aliphatic hydroxyl groups is 1. The van der Waals surface area contributed by atoms with Gasteiger partial charge in [-0.3, -0.25) is 0 Å². The molecule has 1 atom stereocenters. The highest BCUT2D eigenvalue weighted by atomic mass is 16.6. The van der Waals surface area contributed by atoms with Crippen LogP contribution in [0.15, 0.2) is 0 Å². The molecule has 0 aliphatic rings. The van der Waals surface area contributed by atoms with E-state index in [4.69, 9.17) is 10.8 Å². The lowest BCUT2D eigenvalue weighted by atomic mass is 10.4. The molecule has 0 bridgehead atoms. The Labute approximate surface area is 65.5 Å². The van der Waals surface area contributed by atoms with Crippen LogP contribution in [-0.4, -0.2) is 37.0 Å². The Hall–Kier alpha value is -0.810.